The van der Waals surface area contributed by atoms with E-state index < -0.39 is 17.8 Å². The van der Waals surface area contributed by atoms with Gasteiger partial charge in [0.05, 0.1) is 13.2 Å². The molecule has 0 aliphatic heterocycles. The van der Waals surface area contributed by atoms with Gasteiger partial charge in [0.2, 0.25) is 5.92 Å². The number of hydrogen-bond acceptors (Lipinski definition) is 3. The molecule has 0 radical (unpaired) electrons. The Balaban J connectivity index is 2.23. The van der Waals surface area contributed by atoms with Gasteiger partial charge in [0.15, 0.2) is 0 Å². The highest BCUT2D eigenvalue weighted by molar-refractivity contribution is 5.31. The molecule has 20 heavy (non-hydrogen) atoms. The van der Waals surface area contributed by atoms with Gasteiger partial charge in [-0.25, -0.2) is 13.2 Å². The first-order valence-corrected chi connectivity index (χ1v) is 6.64. The summed E-state index contributed by atoms with van der Waals surface area (Å²) in [6.07, 6.45) is 0.656. The van der Waals surface area contributed by atoms with Gasteiger partial charge in [-0.15, -0.1) is 0 Å². The second-order valence-corrected chi connectivity index (χ2v) is 5.24. The zero-order valence-corrected chi connectivity index (χ0v) is 11.3. The highest BCUT2D eigenvalue weighted by Gasteiger charge is 2.40. The Bertz CT molecular complexity index is 468. The normalized spacial score (nSPS) is 23.4. The number of ether oxygens (including phenoxy) is 1. The first kappa shape index (κ1) is 15.1. The molecule has 1 saturated carbocycles. The quantitative estimate of drug-likeness (QED) is 0.661. The highest BCUT2D eigenvalue weighted by Crippen LogP contribution is 2.42. The van der Waals surface area contributed by atoms with E-state index in [1.165, 1.54) is 19.2 Å². The minimum atomic E-state index is -2.69. The Morgan fingerprint density at radius 2 is 2.20 bits per heavy atom. The molecule has 1 aliphatic carbocycles. The maximum atomic E-state index is 14.1. The van der Waals surface area contributed by atoms with Crippen LogP contribution < -0.4 is 16.0 Å². The van der Waals surface area contributed by atoms with Crippen molar-refractivity contribution in [3.63, 3.8) is 0 Å². The molecule has 1 aliphatic rings. The summed E-state index contributed by atoms with van der Waals surface area (Å²) in [7, 11) is 1.44. The average molecular weight is 288 g/mol. The summed E-state index contributed by atoms with van der Waals surface area (Å²) in [5, 5.41) is 0. The molecule has 2 atom stereocenters. The van der Waals surface area contributed by atoms with Gasteiger partial charge in [-0.1, -0.05) is 6.07 Å². The molecule has 0 bridgehead atoms. The lowest BCUT2D eigenvalue weighted by Gasteiger charge is -2.34. The number of alkyl halides is 2. The van der Waals surface area contributed by atoms with E-state index in [0.717, 1.165) is 0 Å². The largest absolute Gasteiger partial charge is 0.497 e. The van der Waals surface area contributed by atoms with Gasteiger partial charge in [0, 0.05) is 24.5 Å². The van der Waals surface area contributed by atoms with Crippen molar-refractivity contribution in [2.45, 2.75) is 37.6 Å². The number of halogens is 3. The number of hydrogen-bond donors (Lipinski definition) is 2. The lowest BCUT2D eigenvalue weighted by atomic mass is 9.79. The summed E-state index contributed by atoms with van der Waals surface area (Å²) >= 11 is 0. The molecular formula is C14H19F3N2O. The lowest BCUT2D eigenvalue weighted by molar-refractivity contribution is -0.0585. The molecule has 0 aromatic heterocycles. The van der Waals surface area contributed by atoms with E-state index in [1.807, 2.05) is 0 Å². The molecule has 2 unspecified atom stereocenters. The number of nitrogens with one attached hydrogen (secondary N) is 1. The summed E-state index contributed by atoms with van der Waals surface area (Å²) in [5.74, 6) is 2.28. The standard InChI is InChI=1S/C14H19F3N2O/c1-20-10-4-5-11(12(15)7-10)13(19-18)9-3-2-6-14(16,17)8-9/h4-5,7,9,13,19H,2-3,6,8,18H2,1H3. The van der Waals surface area contributed by atoms with Crippen LogP contribution in [0.4, 0.5) is 13.2 Å². The van der Waals surface area contributed by atoms with Crippen molar-refractivity contribution in [2.24, 2.45) is 11.8 Å². The maximum absolute atomic E-state index is 14.1. The van der Waals surface area contributed by atoms with Crippen molar-refractivity contribution in [3.05, 3.63) is 29.6 Å². The minimum absolute atomic E-state index is 0.105. The summed E-state index contributed by atoms with van der Waals surface area (Å²) in [5.41, 5.74) is 2.79. The van der Waals surface area contributed by atoms with Crippen LogP contribution in [0.5, 0.6) is 5.75 Å². The summed E-state index contributed by atoms with van der Waals surface area (Å²) in [6.45, 7) is 0. The number of nitrogens with two attached hydrogens (primary N) is 1. The molecule has 3 N–H and O–H groups in total. The predicted molar refractivity (Wildman–Crippen MR) is 69.9 cm³/mol. The van der Waals surface area contributed by atoms with Crippen LogP contribution in [0, 0.1) is 11.7 Å². The van der Waals surface area contributed by atoms with E-state index in [4.69, 9.17) is 10.6 Å². The highest BCUT2D eigenvalue weighted by atomic mass is 19.3. The number of hydrazine groups is 1. The molecule has 1 aromatic rings. The van der Waals surface area contributed by atoms with E-state index in [9.17, 15) is 13.2 Å². The molecule has 112 valence electrons. The van der Waals surface area contributed by atoms with E-state index in [1.54, 1.807) is 6.07 Å². The first-order chi connectivity index (χ1) is 9.46. The van der Waals surface area contributed by atoms with Gasteiger partial charge in [-0.05, 0) is 24.8 Å². The SMILES string of the molecule is COc1ccc(C(NN)C2CCCC(F)(F)C2)c(F)c1. The molecule has 1 fully saturated rings. The van der Waals surface area contributed by atoms with Crippen LogP contribution in [0.25, 0.3) is 0 Å². The Morgan fingerprint density at radius 3 is 2.75 bits per heavy atom. The monoisotopic (exact) mass is 288 g/mol. The van der Waals surface area contributed by atoms with Crippen LogP contribution >= 0.6 is 0 Å². The molecule has 2 rings (SSSR count). The zero-order valence-electron chi connectivity index (χ0n) is 11.3. The van der Waals surface area contributed by atoms with E-state index in [2.05, 4.69) is 5.43 Å². The van der Waals surface area contributed by atoms with Gasteiger partial charge in [0.25, 0.3) is 0 Å². The fraction of sp³-hybridized carbons (Fsp3) is 0.571. The molecule has 0 heterocycles. The Kier molecular flexibility index (Phi) is 4.55. The smallest absolute Gasteiger partial charge is 0.248 e. The second-order valence-electron chi connectivity index (χ2n) is 5.24. The van der Waals surface area contributed by atoms with E-state index in [-0.39, 0.29) is 18.8 Å². The molecule has 0 spiro atoms. The summed E-state index contributed by atoms with van der Waals surface area (Å²) in [4.78, 5) is 0. The minimum Gasteiger partial charge on any atom is -0.497 e. The third kappa shape index (κ3) is 3.24. The molecule has 1 aromatic carbocycles. The van der Waals surface area contributed by atoms with Crippen molar-refractivity contribution in [1.29, 1.82) is 0 Å². The van der Waals surface area contributed by atoms with Gasteiger partial charge in [0.1, 0.15) is 11.6 Å². The van der Waals surface area contributed by atoms with Crippen LogP contribution in [0.1, 0.15) is 37.3 Å². The molecule has 0 amide bonds. The second kappa shape index (κ2) is 6.01. The Hall–Kier alpha value is -1.27. The zero-order chi connectivity index (χ0) is 14.8. The van der Waals surface area contributed by atoms with Crippen LogP contribution in [0.3, 0.4) is 0 Å². The summed E-state index contributed by atoms with van der Waals surface area (Å²) in [6, 6.07) is 3.75. The van der Waals surface area contributed by atoms with Crippen molar-refractivity contribution in [2.75, 3.05) is 7.11 Å². The number of benzene rings is 1. The van der Waals surface area contributed by atoms with E-state index in [0.29, 0.717) is 24.2 Å². The van der Waals surface area contributed by atoms with Gasteiger partial charge in [-0.2, -0.15) is 0 Å². The Morgan fingerprint density at radius 1 is 1.45 bits per heavy atom. The fourth-order valence-corrected chi connectivity index (χ4v) is 2.86. The van der Waals surface area contributed by atoms with Crippen molar-refractivity contribution < 1.29 is 17.9 Å². The van der Waals surface area contributed by atoms with Crippen LogP contribution in [0.2, 0.25) is 0 Å². The molecule has 3 nitrogen and oxygen atoms in total. The average Bonchev–Trinajstić information content (AvgIpc) is 2.40. The molecule has 0 saturated heterocycles. The van der Waals surface area contributed by atoms with Gasteiger partial charge >= 0.3 is 0 Å². The third-order valence-corrected chi connectivity index (χ3v) is 3.87. The summed E-state index contributed by atoms with van der Waals surface area (Å²) < 4.78 is 46.0. The number of rotatable bonds is 4. The van der Waals surface area contributed by atoms with Crippen LogP contribution in [-0.4, -0.2) is 13.0 Å². The van der Waals surface area contributed by atoms with E-state index >= 15 is 0 Å². The van der Waals surface area contributed by atoms with Crippen LogP contribution in [-0.2, 0) is 0 Å². The van der Waals surface area contributed by atoms with Crippen molar-refractivity contribution in [3.8, 4) is 5.75 Å². The van der Waals surface area contributed by atoms with Crippen molar-refractivity contribution in [1.82, 2.24) is 5.43 Å². The van der Waals surface area contributed by atoms with Gasteiger partial charge < -0.3 is 4.74 Å². The maximum Gasteiger partial charge on any atom is 0.248 e. The molecule has 6 heteroatoms. The molecular weight excluding hydrogens is 269 g/mol. The van der Waals surface area contributed by atoms with Crippen molar-refractivity contribution >= 4 is 0 Å². The predicted octanol–water partition coefficient (Wildman–Crippen LogP) is 3.16. The van der Waals surface area contributed by atoms with Crippen LogP contribution in [0.15, 0.2) is 18.2 Å². The Labute approximate surface area is 116 Å². The number of methoxy groups -OCH3 is 1. The topological polar surface area (TPSA) is 47.3 Å². The first-order valence-electron chi connectivity index (χ1n) is 6.64. The van der Waals surface area contributed by atoms with Gasteiger partial charge in [-0.3, -0.25) is 11.3 Å². The fourth-order valence-electron chi connectivity index (χ4n) is 2.86. The third-order valence-electron chi connectivity index (χ3n) is 3.87. The lowest BCUT2D eigenvalue weighted by Crippen LogP contribution is -2.39.